The molecule has 96 valence electrons. The molecule has 0 aliphatic carbocycles. The predicted octanol–water partition coefficient (Wildman–Crippen LogP) is 3.83. The number of aromatic nitrogens is 1. The molecular weight excluding hydrogens is 339 g/mol. The second-order valence-corrected chi connectivity index (χ2v) is 6.50. The van der Waals surface area contributed by atoms with Gasteiger partial charge in [-0.25, -0.2) is 4.98 Å². The summed E-state index contributed by atoms with van der Waals surface area (Å²) in [6.45, 7) is 7.12. The molecule has 0 aliphatic rings. The highest BCUT2D eigenvalue weighted by Crippen LogP contribution is 2.20. The first-order valence-corrected chi connectivity index (χ1v) is 6.97. The van der Waals surface area contributed by atoms with E-state index < -0.39 is 0 Å². The molecule has 0 radical (unpaired) electrons. The van der Waals surface area contributed by atoms with Crippen LogP contribution < -0.4 is 5.32 Å². The van der Waals surface area contributed by atoms with Crippen LogP contribution in [-0.2, 0) is 6.54 Å². The van der Waals surface area contributed by atoms with Crippen molar-refractivity contribution in [3.63, 3.8) is 0 Å². The van der Waals surface area contributed by atoms with Crippen LogP contribution in [0.4, 0.5) is 0 Å². The average molecular weight is 356 g/mol. The van der Waals surface area contributed by atoms with Crippen LogP contribution in [0, 0.1) is 3.57 Å². The molecule has 0 unspecified atom stereocenters. The lowest BCUT2D eigenvalue weighted by Crippen LogP contribution is -2.35. The third kappa shape index (κ3) is 3.81. The van der Waals surface area contributed by atoms with Crippen LogP contribution >= 0.6 is 22.6 Å². The standard InChI is InChI=1S/C14H17IN2O/c1-14(2,3)16-8-12-9-18-13(17-12)10-4-6-11(15)7-5-10/h4-7,9,16H,8H2,1-3H3. The van der Waals surface area contributed by atoms with Gasteiger partial charge < -0.3 is 9.73 Å². The summed E-state index contributed by atoms with van der Waals surface area (Å²) in [5.41, 5.74) is 2.03. The first kappa shape index (κ1) is 13.5. The zero-order valence-corrected chi connectivity index (χ0v) is 13.0. The number of nitrogens with one attached hydrogen (secondary N) is 1. The average Bonchev–Trinajstić information content (AvgIpc) is 2.75. The molecule has 1 aromatic heterocycles. The fraction of sp³-hybridized carbons (Fsp3) is 0.357. The Labute approximate surface area is 121 Å². The van der Waals surface area contributed by atoms with E-state index in [1.165, 1.54) is 3.57 Å². The van der Waals surface area contributed by atoms with E-state index in [4.69, 9.17) is 4.42 Å². The maximum atomic E-state index is 5.50. The molecule has 0 aliphatic heterocycles. The van der Waals surface area contributed by atoms with Crippen molar-refractivity contribution in [1.29, 1.82) is 0 Å². The Morgan fingerprint density at radius 1 is 1.22 bits per heavy atom. The number of hydrogen-bond acceptors (Lipinski definition) is 3. The van der Waals surface area contributed by atoms with Gasteiger partial charge in [0.25, 0.3) is 0 Å². The van der Waals surface area contributed by atoms with Crippen molar-refractivity contribution in [1.82, 2.24) is 10.3 Å². The number of oxazole rings is 1. The highest BCUT2D eigenvalue weighted by atomic mass is 127. The first-order chi connectivity index (χ1) is 8.44. The van der Waals surface area contributed by atoms with E-state index in [-0.39, 0.29) is 5.54 Å². The number of nitrogens with zero attached hydrogens (tertiary/aromatic N) is 1. The second-order valence-electron chi connectivity index (χ2n) is 5.25. The molecule has 4 heteroatoms. The molecule has 0 bridgehead atoms. The predicted molar refractivity (Wildman–Crippen MR) is 81.2 cm³/mol. The van der Waals surface area contributed by atoms with E-state index in [0.29, 0.717) is 5.89 Å². The number of benzene rings is 1. The van der Waals surface area contributed by atoms with E-state index in [1.54, 1.807) is 6.26 Å². The molecule has 0 amide bonds. The molecule has 2 rings (SSSR count). The summed E-state index contributed by atoms with van der Waals surface area (Å²) < 4.78 is 6.71. The maximum Gasteiger partial charge on any atom is 0.226 e. The first-order valence-electron chi connectivity index (χ1n) is 5.89. The largest absolute Gasteiger partial charge is 0.444 e. The molecule has 0 saturated heterocycles. The lowest BCUT2D eigenvalue weighted by Gasteiger charge is -2.19. The molecule has 18 heavy (non-hydrogen) atoms. The molecule has 1 heterocycles. The monoisotopic (exact) mass is 356 g/mol. The molecule has 0 fully saturated rings. The molecule has 0 saturated carbocycles. The van der Waals surface area contributed by atoms with Crippen molar-refractivity contribution in [2.45, 2.75) is 32.9 Å². The van der Waals surface area contributed by atoms with Crippen molar-refractivity contribution < 1.29 is 4.42 Å². The summed E-state index contributed by atoms with van der Waals surface area (Å²) in [6, 6.07) is 8.14. The van der Waals surface area contributed by atoms with Gasteiger partial charge in [-0.3, -0.25) is 0 Å². The molecule has 3 nitrogen and oxygen atoms in total. The number of halogens is 1. The molecule has 2 aromatic rings. The Hall–Kier alpha value is -0.880. The van der Waals surface area contributed by atoms with Crippen LogP contribution in [0.1, 0.15) is 26.5 Å². The summed E-state index contributed by atoms with van der Waals surface area (Å²) in [7, 11) is 0. The number of hydrogen-bond donors (Lipinski definition) is 1. The van der Waals surface area contributed by atoms with E-state index in [0.717, 1.165) is 17.8 Å². The summed E-state index contributed by atoms with van der Waals surface area (Å²) in [5.74, 6) is 0.678. The summed E-state index contributed by atoms with van der Waals surface area (Å²) in [6.07, 6.45) is 1.71. The smallest absolute Gasteiger partial charge is 0.226 e. The van der Waals surface area contributed by atoms with Crippen molar-refractivity contribution in [2.24, 2.45) is 0 Å². The van der Waals surface area contributed by atoms with Crippen molar-refractivity contribution in [3.05, 3.63) is 39.8 Å². The Balaban J connectivity index is 2.08. The summed E-state index contributed by atoms with van der Waals surface area (Å²) >= 11 is 2.28. The van der Waals surface area contributed by atoms with Crippen LogP contribution in [0.5, 0.6) is 0 Å². The maximum absolute atomic E-state index is 5.50. The van der Waals surface area contributed by atoms with Gasteiger partial charge in [-0.2, -0.15) is 0 Å². The van der Waals surface area contributed by atoms with E-state index in [9.17, 15) is 0 Å². The van der Waals surface area contributed by atoms with Crippen molar-refractivity contribution >= 4 is 22.6 Å². The minimum Gasteiger partial charge on any atom is -0.444 e. The number of rotatable bonds is 3. The van der Waals surface area contributed by atoms with Gasteiger partial charge >= 0.3 is 0 Å². The van der Waals surface area contributed by atoms with Gasteiger partial charge in [-0.05, 0) is 67.6 Å². The normalized spacial score (nSPS) is 11.8. The van der Waals surface area contributed by atoms with Gasteiger partial charge in [-0.15, -0.1) is 0 Å². The van der Waals surface area contributed by atoms with Crippen molar-refractivity contribution in [3.8, 4) is 11.5 Å². The zero-order valence-electron chi connectivity index (χ0n) is 10.8. The van der Waals surface area contributed by atoms with Crippen LogP contribution in [0.3, 0.4) is 0 Å². The van der Waals surface area contributed by atoms with Crippen LogP contribution in [-0.4, -0.2) is 10.5 Å². The third-order valence-electron chi connectivity index (χ3n) is 2.44. The second kappa shape index (κ2) is 5.40. The lowest BCUT2D eigenvalue weighted by molar-refractivity contribution is 0.421. The van der Waals surface area contributed by atoms with Gasteiger partial charge in [0.1, 0.15) is 6.26 Å². The van der Waals surface area contributed by atoms with E-state index >= 15 is 0 Å². The van der Waals surface area contributed by atoms with E-state index in [1.807, 2.05) is 24.3 Å². The molecule has 1 N–H and O–H groups in total. The third-order valence-corrected chi connectivity index (χ3v) is 3.16. The minimum atomic E-state index is 0.0853. The fourth-order valence-electron chi connectivity index (χ4n) is 1.47. The molecule has 1 aromatic carbocycles. The highest BCUT2D eigenvalue weighted by molar-refractivity contribution is 14.1. The minimum absolute atomic E-state index is 0.0853. The van der Waals surface area contributed by atoms with Crippen LogP contribution in [0.2, 0.25) is 0 Å². The van der Waals surface area contributed by atoms with Crippen LogP contribution in [0.15, 0.2) is 34.9 Å². The fourth-order valence-corrected chi connectivity index (χ4v) is 1.83. The van der Waals surface area contributed by atoms with Gasteiger partial charge in [0.15, 0.2) is 0 Å². The van der Waals surface area contributed by atoms with Crippen LogP contribution in [0.25, 0.3) is 11.5 Å². The van der Waals surface area contributed by atoms with Gasteiger partial charge in [0.05, 0.1) is 5.69 Å². The quantitative estimate of drug-likeness (QED) is 0.850. The molecular formula is C14H17IN2O. The van der Waals surface area contributed by atoms with Gasteiger partial charge in [0, 0.05) is 21.2 Å². The molecule has 0 spiro atoms. The SMILES string of the molecule is CC(C)(C)NCc1coc(-c2ccc(I)cc2)n1. The lowest BCUT2D eigenvalue weighted by atomic mass is 10.1. The van der Waals surface area contributed by atoms with E-state index in [2.05, 4.69) is 53.7 Å². The zero-order chi connectivity index (χ0) is 13.2. The summed E-state index contributed by atoms with van der Waals surface area (Å²) in [4.78, 5) is 4.48. The highest BCUT2D eigenvalue weighted by Gasteiger charge is 2.11. The topological polar surface area (TPSA) is 38.1 Å². The van der Waals surface area contributed by atoms with Crippen molar-refractivity contribution in [2.75, 3.05) is 0 Å². The Morgan fingerprint density at radius 2 is 1.89 bits per heavy atom. The molecule has 0 atom stereocenters. The van der Waals surface area contributed by atoms with Gasteiger partial charge in [-0.1, -0.05) is 0 Å². The van der Waals surface area contributed by atoms with Gasteiger partial charge in [0.2, 0.25) is 5.89 Å². The Kier molecular flexibility index (Phi) is 4.07. The summed E-state index contributed by atoms with van der Waals surface area (Å²) in [5, 5.41) is 3.39. The Morgan fingerprint density at radius 3 is 2.50 bits per heavy atom. The Bertz CT molecular complexity index is 511.